The normalized spacial score (nSPS) is 10.1. The molecule has 0 unspecified atom stereocenters. The number of H-pyrrole nitrogens is 1. The van der Waals surface area contributed by atoms with Crippen molar-refractivity contribution in [1.82, 2.24) is 10.2 Å². The van der Waals surface area contributed by atoms with Gasteiger partial charge < -0.3 is 9.84 Å². The third kappa shape index (κ3) is 2.48. The van der Waals surface area contributed by atoms with Gasteiger partial charge in [0.2, 0.25) is 5.88 Å². The zero-order valence-electron chi connectivity index (χ0n) is 8.33. The van der Waals surface area contributed by atoms with E-state index in [2.05, 4.69) is 10.2 Å². The van der Waals surface area contributed by atoms with E-state index >= 15 is 0 Å². The van der Waals surface area contributed by atoms with Crippen molar-refractivity contribution < 1.29 is 14.6 Å². The summed E-state index contributed by atoms with van der Waals surface area (Å²) in [6.07, 6.45) is 0.819. The van der Waals surface area contributed by atoms with E-state index in [1.807, 2.05) is 6.92 Å². The third-order valence-corrected chi connectivity index (χ3v) is 1.81. The predicted molar refractivity (Wildman–Crippen MR) is 50.5 cm³/mol. The molecule has 0 spiro atoms. The maximum absolute atomic E-state index is 10.5. The quantitative estimate of drug-likeness (QED) is 0.743. The van der Waals surface area contributed by atoms with Crippen molar-refractivity contribution in [2.75, 3.05) is 6.61 Å². The van der Waals surface area contributed by atoms with E-state index in [9.17, 15) is 4.79 Å². The predicted octanol–water partition coefficient (Wildman–Crippen LogP) is 1.13. The summed E-state index contributed by atoms with van der Waals surface area (Å²) in [5.74, 6) is -0.470. The first kappa shape index (κ1) is 10.6. The van der Waals surface area contributed by atoms with Crippen LogP contribution in [0.5, 0.6) is 5.88 Å². The van der Waals surface area contributed by atoms with Crippen LogP contribution in [0, 0.1) is 6.92 Å². The number of hydrogen-bond donors (Lipinski definition) is 2. The van der Waals surface area contributed by atoms with E-state index in [0.29, 0.717) is 18.1 Å². The first-order valence-corrected chi connectivity index (χ1v) is 4.53. The highest BCUT2D eigenvalue weighted by molar-refractivity contribution is 5.71. The van der Waals surface area contributed by atoms with Crippen LogP contribution in [-0.4, -0.2) is 27.9 Å². The number of aliphatic carboxylic acids is 1. The zero-order chi connectivity index (χ0) is 10.6. The Morgan fingerprint density at radius 3 is 2.93 bits per heavy atom. The monoisotopic (exact) mass is 198 g/mol. The number of nitrogens with one attached hydrogen (secondary N) is 1. The van der Waals surface area contributed by atoms with Gasteiger partial charge in [-0.15, -0.1) is 5.10 Å². The van der Waals surface area contributed by atoms with E-state index in [1.54, 1.807) is 6.92 Å². The standard InChI is InChI=1S/C9H14N2O3/c1-3-4-14-9-7(5-8(12)13)6(2)10-11-9/h3-5H2,1-2H3,(H,10,11)(H,12,13). The highest BCUT2D eigenvalue weighted by Gasteiger charge is 2.14. The van der Waals surface area contributed by atoms with Crippen LogP contribution in [0.1, 0.15) is 24.6 Å². The molecule has 0 atom stereocenters. The third-order valence-electron chi connectivity index (χ3n) is 1.81. The Hall–Kier alpha value is -1.52. The summed E-state index contributed by atoms with van der Waals surface area (Å²) in [6, 6.07) is 0. The van der Waals surface area contributed by atoms with Crippen LogP contribution >= 0.6 is 0 Å². The number of carbonyl (C=O) groups is 1. The summed E-state index contributed by atoms with van der Waals surface area (Å²) in [7, 11) is 0. The molecule has 1 aromatic heterocycles. The van der Waals surface area contributed by atoms with Gasteiger partial charge in [-0.05, 0) is 13.3 Å². The molecule has 1 heterocycles. The molecule has 2 N–H and O–H groups in total. The van der Waals surface area contributed by atoms with Crippen LogP contribution in [0.15, 0.2) is 0 Å². The van der Waals surface area contributed by atoms with Gasteiger partial charge in [0.05, 0.1) is 13.0 Å². The van der Waals surface area contributed by atoms with Crippen molar-refractivity contribution in [2.24, 2.45) is 0 Å². The van der Waals surface area contributed by atoms with E-state index in [-0.39, 0.29) is 6.42 Å². The van der Waals surface area contributed by atoms with Gasteiger partial charge in [-0.25, -0.2) is 0 Å². The van der Waals surface area contributed by atoms with E-state index in [4.69, 9.17) is 9.84 Å². The molecule has 78 valence electrons. The van der Waals surface area contributed by atoms with E-state index in [1.165, 1.54) is 0 Å². The second kappa shape index (κ2) is 4.64. The van der Waals surface area contributed by atoms with Gasteiger partial charge in [0.1, 0.15) is 0 Å². The van der Waals surface area contributed by atoms with Gasteiger partial charge in [-0.1, -0.05) is 6.92 Å². The molecular formula is C9H14N2O3. The highest BCUT2D eigenvalue weighted by atomic mass is 16.5. The number of nitrogens with zero attached hydrogens (tertiary/aromatic N) is 1. The lowest BCUT2D eigenvalue weighted by Gasteiger charge is -2.02. The molecule has 14 heavy (non-hydrogen) atoms. The average molecular weight is 198 g/mol. The molecule has 1 aromatic rings. The number of rotatable bonds is 5. The van der Waals surface area contributed by atoms with Gasteiger partial charge in [-0.2, -0.15) is 0 Å². The molecule has 0 aromatic carbocycles. The number of carboxylic acid groups (broad SMARTS) is 1. The molecule has 0 amide bonds. The molecule has 0 fully saturated rings. The Balaban J connectivity index is 2.77. The summed E-state index contributed by atoms with van der Waals surface area (Å²) in [6.45, 7) is 4.32. The fourth-order valence-corrected chi connectivity index (χ4v) is 1.11. The van der Waals surface area contributed by atoms with Crippen molar-refractivity contribution >= 4 is 5.97 Å². The topological polar surface area (TPSA) is 75.2 Å². The van der Waals surface area contributed by atoms with Crippen molar-refractivity contribution in [3.63, 3.8) is 0 Å². The van der Waals surface area contributed by atoms with Crippen LogP contribution in [0.3, 0.4) is 0 Å². The van der Waals surface area contributed by atoms with Crippen molar-refractivity contribution in [3.8, 4) is 5.88 Å². The number of hydrogen-bond acceptors (Lipinski definition) is 3. The molecule has 0 aliphatic heterocycles. The number of aromatic amines is 1. The SMILES string of the molecule is CCCOc1n[nH]c(C)c1CC(=O)O. The summed E-state index contributed by atoms with van der Waals surface area (Å²) < 4.78 is 5.30. The molecular weight excluding hydrogens is 184 g/mol. The molecule has 1 rings (SSSR count). The molecule has 0 saturated carbocycles. The van der Waals surface area contributed by atoms with Crippen molar-refractivity contribution in [2.45, 2.75) is 26.7 Å². The molecule has 0 aliphatic rings. The molecule has 0 saturated heterocycles. The van der Waals surface area contributed by atoms with Gasteiger partial charge in [-0.3, -0.25) is 9.89 Å². The minimum absolute atomic E-state index is 0.0542. The average Bonchev–Trinajstić information content (AvgIpc) is 2.45. The number of aryl methyl sites for hydroxylation is 1. The summed E-state index contributed by atoms with van der Waals surface area (Å²) in [5.41, 5.74) is 1.38. The van der Waals surface area contributed by atoms with Crippen LogP contribution in [-0.2, 0) is 11.2 Å². The fraction of sp³-hybridized carbons (Fsp3) is 0.556. The second-order valence-corrected chi connectivity index (χ2v) is 3.05. The lowest BCUT2D eigenvalue weighted by Crippen LogP contribution is -2.04. The van der Waals surface area contributed by atoms with Crippen LogP contribution in [0.25, 0.3) is 0 Å². The van der Waals surface area contributed by atoms with Crippen molar-refractivity contribution in [1.29, 1.82) is 0 Å². The first-order valence-electron chi connectivity index (χ1n) is 4.53. The summed E-state index contributed by atoms with van der Waals surface area (Å²) >= 11 is 0. The van der Waals surface area contributed by atoms with Crippen molar-refractivity contribution in [3.05, 3.63) is 11.3 Å². The minimum atomic E-state index is -0.879. The zero-order valence-corrected chi connectivity index (χ0v) is 8.33. The van der Waals surface area contributed by atoms with Crippen LogP contribution in [0.4, 0.5) is 0 Å². The van der Waals surface area contributed by atoms with E-state index in [0.717, 1.165) is 12.1 Å². The largest absolute Gasteiger partial charge is 0.481 e. The van der Waals surface area contributed by atoms with Gasteiger partial charge in [0.15, 0.2) is 0 Å². The summed E-state index contributed by atoms with van der Waals surface area (Å²) in [4.78, 5) is 10.5. The lowest BCUT2D eigenvalue weighted by molar-refractivity contribution is -0.136. The number of ether oxygens (including phenoxy) is 1. The van der Waals surface area contributed by atoms with Crippen LogP contribution < -0.4 is 4.74 Å². The smallest absolute Gasteiger partial charge is 0.308 e. The highest BCUT2D eigenvalue weighted by Crippen LogP contribution is 2.19. The Kier molecular flexibility index (Phi) is 3.50. The summed E-state index contributed by atoms with van der Waals surface area (Å²) in [5, 5.41) is 15.3. The molecule has 0 bridgehead atoms. The first-order chi connectivity index (χ1) is 6.65. The molecule has 5 nitrogen and oxygen atoms in total. The minimum Gasteiger partial charge on any atom is -0.481 e. The van der Waals surface area contributed by atoms with Gasteiger partial charge in [0.25, 0.3) is 0 Å². The maximum atomic E-state index is 10.5. The molecule has 0 aliphatic carbocycles. The van der Waals surface area contributed by atoms with Gasteiger partial charge >= 0.3 is 5.97 Å². The second-order valence-electron chi connectivity index (χ2n) is 3.05. The number of aromatic nitrogens is 2. The Morgan fingerprint density at radius 1 is 1.64 bits per heavy atom. The lowest BCUT2D eigenvalue weighted by atomic mass is 10.2. The molecule has 0 radical (unpaired) electrons. The Labute approximate surface area is 82.1 Å². The molecule has 5 heteroatoms. The maximum Gasteiger partial charge on any atom is 0.308 e. The number of carboxylic acids is 1. The van der Waals surface area contributed by atoms with E-state index < -0.39 is 5.97 Å². The van der Waals surface area contributed by atoms with Crippen LogP contribution in [0.2, 0.25) is 0 Å². The Bertz CT molecular complexity index is 320. The fourth-order valence-electron chi connectivity index (χ4n) is 1.11. The Morgan fingerprint density at radius 2 is 2.36 bits per heavy atom. The van der Waals surface area contributed by atoms with Gasteiger partial charge in [0, 0.05) is 11.3 Å².